The lowest BCUT2D eigenvalue weighted by Crippen LogP contribution is -2.52. The Morgan fingerprint density at radius 3 is 2.21 bits per heavy atom. The van der Waals surface area contributed by atoms with E-state index in [4.69, 9.17) is 0 Å². The molecular weight excluding hydrogens is 312 g/mol. The summed E-state index contributed by atoms with van der Waals surface area (Å²) < 4.78 is 26.3. The molecule has 24 heavy (non-hydrogen) atoms. The zero-order chi connectivity index (χ0) is 17.3. The molecule has 1 aliphatic rings. The summed E-state index contributed by atoms with van der Waals surface area (Å²) in [6.45, 7) is 1.01. The molecule has 0 radical (unpaired) electrons. The average Bonchev–Trinajstić information content (AvgIpc) is 2.58. The Kier molecular flexibility index (Phi) is 4.47. The standard InChI is InChI=1S/C19H19F2NO2/c1-22-11-10-19(24,14-4-8-16(21)9-5-14)17(12-22)18(23)13-2-6-15(20)7-3-13/h2-9,17,24H,10-12H2,1H3/t17-,19-/m0/s1. The summed E-state index contributed by atoms with van der Waals surface area (Å²) in [5.41, 5.74) is -0.485. The van der Waals surface area contributed by atoms with Crippen LogP contribution < -0.4 is 0 Å². The predicted molar refractivity (Wildman–Crippen MR) is 86.6 cm³/mol. The number of piperidine rings is 1. The van der Waals surface area contributed by atoms with Gasteiger partial charge in [0.05, 0.1) is 5.92 Å². The summed E-state index contributed by atoms with van der Waals surface area (Å²) in [7, 11) is 1.88. The van der Waals surface area contributed by atoms with Crippen LogP contribution in [-0.2, 0) is 5.60 Å². The van der Waals surface area contributed by atoms with Gasteiger partial charge in [0.25, 0.3) is 0 Å². The summed E-state index contributed by atoms with van der Waals surface area (Å²) in [6, 6.07) is 10.9. The highest BCUT2D eigenvalue weighted by Crippen LogP contribution is 2.39. The van der Waals surface area contributed by atoms with Gasteiger partial charge in [0, 0.05) is 18.7 Å². The van der Waals surface area contributed by atoms with Gasteiger partial charge in [-0.05, 0) is 55.4 Å². The molecule has 0 aromatic heterocycles. The van der Waals surface area contributed by atoms with Crippen LogP contribution in [0.3, 0.4) is 0 Å². The molecule has 1 N–H and O–H groups in total. The number of nitrogens with zero attached hydrogens (tertiary/aromatic N) is 1. The molecule has 3 nitrogen and oxygen atoms in total. The Labute approximate surface area is 139 Å². The number of hydrogen-bond acceptors (Lipinski definition) is 3. The van der Waals surface area contributed by atoms with E-state index in [0.29, 0.717) is 30.6 Å². The zero-order valence-electron chi connectivity index (χ0n) is 13.4. The topological polar surface area (TPSA) is 40.5 Å². The monoisotopic (exact) mass is 331 g/mol. The van der Waals surface area contributed by atoms with Gasteiger partial charge in [0.2, 0.25) is 0 Å². The van der Waals surface area contributed by atoms with Crippen molar-refractivity contribution in [3.05, 3.63) is 71.3 Å². The van der Waals surface area contributed by atoms with E-state index in [0.717, 1.165) is 0 Å². The molecule has 0 aliphatic carbocycles. The molecule has 0 bridgehead atoms. The van der Waals surface area contributed by atoms with Crippen LogP contribution in [0.1, 0.15) is 22.3 Å². The van der Waals surface area contributed by atoms with Gasteiger partial charge in [-0.3, -0.25) is 4.79 Å². The molecule has 2 atom stereocenters. The maximum absolute atomic E-state index is 13.2. The Balaban J connectivity index is 1.98. The summed E-state index contributed by atoms with van der Waals surface area (Å²) >= 11 is 0. The number of halogens is 2. The van der Waals surface area contributed by atoms with Crippen molar-refractivity contribution in [2.75, 3.05) is 20.1 Å². The van der Waals surface area contributed by atoms with Crippen molar-refractivity contribution in [2.45, 2.75) is 12.0 Å². The van der Waals surface area contributed by atoms with Gasteiger partial charge in [0.1, 0.15) is 17.2 Å². The molecule has 0 unspecified atom stereocenters. The van der Waals surface area contributed by atoms with Crippen molar-refractivity contribution in [1.82, 2.24) is 4.90 Å². The smallest absolute Gasteiger partial charge is 0.170 e. The van der Waals surface area contributed by atoms with Gasteiger partial charge in [-0.2, -0.15) is 0 Å². The quantitative estimate of drug-likeness (QED) is 0.879. The summed E-state index contributed by atoms with van der Waals surface area (Å²) in [5, 5.41) is 11.3. The molecule has 2 aromatic rings. The molecule has 0 saturated carbocycles. The molecular formula is C19H19F2NO2. The van der Waals surface area contributed by atoms with Crippen LogP contribution in [0.2, 0.25) is 0 Å². The summed E-state index contributed by atoms with van der Waals surface area (Å²) in [4.78, 5) is 14.9. The Morgan fingerprint density at radius 2 is 1.62 bits per heavy atom. The lowest BCUT2D eigenvalue weighted by Gasteiger charge is -2.43. The fourth-order valence-electron chi connectivity index (χ4n) is 3.29. The van der Waals surface area contributed by atoms with Crippen LogP contribution in [0.15, 0.2) is 48.5 Å². The van der Waals surface area contributed by atoms with Crippen LogP contribution >= 0.6 is 0 Å². The molecule has 0 spiro atoms. The maximum Gasteiger partial charge on any atom is 0.170 e. The van der Waals surface area contributed by atoms with E-state index in [-0.39, 0.29) is 5.78 Å². The van der Waals surface area contributed by atoms with Crippen molar-refractivity contribution < 1.29 is 18.7 Å². The molecule has 1 fully saturated rings. The number of carbonyl (C=O) groups excluding carboxylic acids is 1. The van der Waals surface area contributed by atoms with Gasteiger partial charge >= 0.3 is 0 Å². The van der Waals surface area contributed by atoms with Crippen molar-refractivity contribution in [3.63, 3.8) is 0 Å². The number of aliphatic hydroxyl groups is 1. The predicted octanol–water partition coefficient (Wildman–Crippen LogP) is 2.99. The molecule has 1 aliphatic heterocycles. The Hall–Kier alpha value is -2.11. The summed E-state index contributed by atoms with van der Waals surface area (Å²) in [6.07, 6.45) is 0.368. The number of hydrogen-bond donors (Lipinski definition) is 1. The number of benzene rings is 2. The molecule has 5 heteroatoms. The van der Waals surface area contributed by atoms with Crippen molar-refractivity contribution >= 4 is 5.78 Å². The van der Waals surface area contributed by atoms with Crippen LogP contribution in [-0.4, -0.2) is 35.9 Å². The van der Waals surface area contributed by atoms with Gasteiger partial charge in [-0.15, -0.1) is 0 Å². The molecule has 1 saturated heterocycles. The molecule has 2 aromatic carbocycles. The first-order valence-electron chi connectivity index (χ1n) is 7.87. The molecule has 126 valence electrons. The highest BCUT2D eigenvalue weighted by atomic mass is 19.1. The van der Waals surface area contributed by atoms with Gasteiger partial charge in [-0.25, -0.2) is 8.78 Å². The third-order valence-corrected chi connectivity index (χ3v) is 4.73. The Morgan fingerprint density at radius 1 is 1.08 bits per heavy atom. The van der Waals surface area contributed by atoms with Crippen molar-refractivity contribution in [1.29, 1.82) is 0 Å². The number of likely N-dealkylation sites (tertiary alicyclic amines) is 1. The first-order valence-corrected chi connectivity index (χ1v) is 7.87. The second kappa shape index (κ2) is 6.42. The maximum atomic E-state index is 13.2. The average molecular weight is 331 g/mol. The largest absolute Gasteiger partial charge is 0.384 e. The normalized spacial score (nSPS) is 24.8. The lowest BCUT2D eigenvalue weighted by atomic mass is 9.73. The van der Waals surface area contributed by atoms with Crippen LogP contribution in [0.25, 0.3) is 0 Å². The first-order chi connectivity index (χ1) is 11.4. The summed E-state index contributed by atoms with van der Waals surface area (Å²) in [5.74, 6) is -1.75. The van der Waals surface area contributed by atoms with Crippen LogP contribution in [0.4, 0.5) is 8.78 Å². The highest BCUT2D eigenvalue weighted by molar-refractivity contribution is 5.99. The number of carbonyl (C=O) groups is 1. The van der Waals surface area contributed by atoms with Crippen molar-refractivity contribution in [2.24, 2.45) is 5.92 Å². The van der Waals surface area contributed by atoms with E-state index in [9.17, 15) is 18.7 Å². The molecule has 0 amide bonds. The van der Waals surface area contributed by atoms with E-state index >= 15 is 0 Å². The van der Waals surface area contributed by atoms with E-state index in [1.807, 2.05) is 11.9 Å². The van der Waals surface area contributed by atoms with Gasteiger partial charge in [-0.1, -0.05) is 12.1 Å². The van der Waals surface area contributed by atoms with Crippen LogP contribution in [0.5, 0.6) is 0 Å². The highest BCUT2D eigenvalue weighted by Gasteiger charge is 2.46. The third-order valence-electron chi connectivity index (χ3n) is 4.73. The fourth-order valence-corrected chi connectivity index (χ4v) is 3.29. The number of Topliss-reactive ketones (excluding diaryl/α,β-unsaturated/α-hetero) is 1. The van der Waals surface area contributed by atoms with E-state index in [2.05, 4.69) is 0 Å². The first kappa shape index (κ1) is 16.7. The third kappa shape index (κ3) is 3.09. The minimum absolute atomic E-state index is 0.242. The minimum Gasteiger partial charge on any atom is -0.384 e. The van der Waals surface area contributed by atoms with Gasteiger partial charge in [0.15, 0.2) is 5.78 Å². The van der Waals surface area contributed by atoms with E-state index in [1.165, 1.54) is 48.5 Å². The Bertz CT molecular complexity index is 730. The molecule has 1 heterocycles. The van der Waals surface area contributed by atoms with E-state index in [1.54, 1.807) is 0 Å². The molecule has 3 rings (SSSR count). The second-order valence-electron chi connectivity index (χ2n) is 6.37. The van der Waals surface area contributed by atoms with E-state index < -0.39 is 23.2 Å². The van der Waals surface area contributed by atoms with Crippen molar-refractivity contribution in [3.8, 4) is 0 Å². The number of rotatable bonds is 3. The number of ketones is 1. The fraction of sp³-hybridized carbons (Fsp3) is 0.316. The SMILES string of the molecule is CN1CC[C@](O)(c2ccc(F)cc2)[C@H](C(=O)c2ccc(F)cc2)C1. The van der Waals surface area contributed by atoms with Gasteiger partial charge < -0.3 is 10.0 Å². The van der Waals surface area contributed by atoms with Crippen LogP contribution in [0, 0.1) is 17.6 Å². The minimum atomic E-state index is -1.37. The second-order valence-corrected chi connectivity index (χ2v) is 6.37. The zero-order valence-corrected chi connectivity index (χ0v) is 13.4. The lowest BCUT2D eigenvalue weighted by molar-refractivity contribution is -0.0594.